The minimum absolute atomic E-state index is 0.00533. The summed E-state index contributed by atoms with van der Waals surface area (Å²) in [6.07, 6.45) is 1.27. The third-order valence-corrected chi connectivity index (χ3v) is 5.67. The maximum absolute atomic E-state index is 13.6. The van der Waals surface area contributed by atoms with Crippen molar-refractivity contribution in [1.82, 2.24) is 4.31 Å². The van der Waals surface area contributed by atoms with Gasteiger partial charge in [0, 0.05) is 19.1 Å². The van der Waals surface area contributed by atoms with Crippen molar-refractivity contribution in [3.8, 4) is 0 Å². The van der Waals surface area contributed by atoms with E-state index in [9.17, 15) is 17.2 Å². The zero-order valence-electron chi connectivity index (χ0n) is 11.2. The molecular formula is C13H18F2N2O2S. The summed E-state index contributed by atoms with van der Waals surface area (Å²) in [5, 5.41) is 0. The van der Waals surface area contributed by atoms with E-state index in [1.165, 1.54) is 4.31 Å². The van der Waals surface area contributed by atoms with Gasteiger partial charge < -0.3 is 5.73 Å². The summed E-state index contributed by atoms with van der Waals surface area (Å²) in [6.45, 7) is 2.45. The van der Waals surface area contributed by atoms with Crippen LogP contribution in [0.2, 0.25) is 0 Å². The first-order chi connectivity index (χ1) is 9.32. The molecule has 1 aromatic rings. The first kappa shape index (κ1) is 15.3. The van der Waals surface area contributed by atoms with E-state index in [0.29, 0.717) is 12.8 Å². The van der Waals surface area contributed by atoms with Crippen molar-refractivity contribution in [2.24, 2.45) is 11.7 Å². The van der Waals surface area contributed by atoms with E-state index in [-0.39, 0.29) is 25.0 Å². The number of benzene rings is 1. The van der Waals surface area contributed by atoms with Crippen molar-refractivity contribution in [3.05, 3.63) is 29.8 Å². The Kier molecular flexibility index (Phi) is 4.41. The molecule has 1 fully saturated rings. The molecule has 0 spiro atoms. The maximum Gasteiger partial charge on any atom is 0.246 e. The summed E-state index contributed by atoms with van der Waals surface area (Å²) < 4.78 is 52.6. The van der Waals surface area contributed by atoms with Crippen LogP contribution in [-0.2, 0) is 10.0 Å². The predicted octanol–water partition coefficient (Wildman–Crippen LogP) is 1.71. The van der Waals surface area contributed by atoms with Gasteiger partial charge in [0.05, 0.1) is 0 Å². The SMILES string of the molecule is CC(N)C1CCN(S(=O)(=O)c2cc(F)ccc2F)CC1. The molecule has 0 aromatic heterocycles. The fourth-order valence-electron chi connectivity index (χ4n) is 2.46. The van der Waals surface area contributed by atoms with Gasteiger partial charge in [0.2, 0.25) is 10.0 Å². The average molecular weight is 304 g/mol. The summed E-state index contributed by atoms with van der Waals surface area (Å²) in [7, 11) is -3.99. The molecule has 20 heavy (non-hydrogen) atoms. The molecule has 0 radical (unpaired) electrons. The molecule has 2 rings (SSSR count). The number of halogens is 2. The summed E-state index contributed by atoms with van der Waals surface area (Å²) >= 11 is 0. The predicted molar refractivity (Wildman–Crippen MR) is 71.5 cm³/mol. The Balaban J connectivity index is 2.22. The first-order valence-electron chi connectivity index (χ1n) is 6.53. The van der Waals surface area contributed by atoms with Crippen LogP contribution in [0.4, 0.5) is 8.78 Å². The van der Waals surface area contributed by atoms with Crippen LogP contribution < -0.4 is 5.73 Å². The fraction of sp³-hybridized carbons (Fsp3) is 0.538. The van der Waals surface area contributed by atoms with E-state index in [0.717, 1.165) is 18.2 Å². The third kappa shape index (κ3) is 2.99. The molecule has 0 bridgehead atoms. The van der Waals surface area contributed by atoms with Crippen LogP contribution in [0.25, 0.3) is 0 Å². The second kappa shape index (κ2) is 5.75. The summed E-state index contributed by atoms with van der Waals surface area (Å²) in [4.78, 5) is -0.600. The largest absolute Gasteiger partial charge is 0.328 e. The lowest BCUT2D eigenvalue weighted by molar-refractivity contribution is 0.250. The van der Waals surface area contributed by atoms with Gasteiger partial charge in [0.25, 0.3) is 0 Å². The number of nitrogens with two attached hydrogens (primary N) is 1. The number of sulfonamides is 1. The van der Waals surface area contributed by atoms with Gasteiger partial charge in [-0.2, -0.15) is 4.31 Å². The molecule has 1 aromatic carbocycles. The number of hydrogen-bond acceptors (Lipinski definition) is 3. The molecule has 112 valence electrons. The average Bonchev–Trinajstić information content (AvgIpc) is 2.41. The van der Waals surface area contributed by atoms with Crippen molar-refractivity contribution < 1.29 is 17.2 Å². The lowest BCUT2D eigenvalue weighted by atomic mass is 9.92. The molecule has 0 aliphatic carbocycles. The zero-order chi connectivity index (χ0) is 14.9. The number of rotatable bonds is 3. The van der Waals surface area contributed by atoms with E-state index < -0.39 is 26.6 Å². The Hall–Kier alpha value is -1.05. The molecule has 1 aliphatic rings. The quantitative estimate of drug-likeness (QED) is 0.924. The highest BCUT2D eigenvalue weighted by molar-refractivity contribution is 7.89. The number of nitrogens with zero attached hydrogens (tertiary/aromatic N) is 1. The second-order valence-electron chi connectivity index (χ2n) is 5.18. The lowest BCUT2D eigenvalue weighted by Gasteiger charge is -2.32. The zero-order valence-corrected chi connectivity index (χ0v) is 12.0. The van der Waals surface area contributed by atoms with E-state index in [1.54, 1.807) is 0 Å². The van der Waals surface area contributed by atoms with Crippen LogP contribution in [0.3, 0.4) is 0 Å². The molecular weight excluding hydrogens is 286 g/mol. The third-order valence-electron chi connectivity index (χ3n) is 3.75. The normalized spacial score (nSPS) is 20.0. The highest BCUT2D eigenvalue weighted by Crippen LogP contribution is 2.26. The van der Waals surface area contributed by atoms with Crippen molar-refractivity contribution in [2.45, 2.75) is 30.7 Å². The van der Waals surface area contributed by atoms with Gasteiger partial charge in [0.1, 0.15) is 16.5 Å². The number of hydrogen-bond donors (Lipinski definition) is 1. The minimum Gasteiger partial charge on any atom is -0.328 e. The molecule has 1 unspecified atom stereocenters. The molecule has 1 heterocycles. The number of piperidine rings is 1. The molecule has 0 amide bonds. The first-order valence-corrected chi connectivity index (χ1v) is 7.97. The highest BCUT2D eigenvalue weighted by atomic mass is 32.2. The highest BCUT2D eigenvalue weighted by Gasteiger charge is 2.32. The molecule has 0 saturated carbocycles. The molecule has 1 atom stereocenters. The summed E-state index contributed by atoms with van der Waals surface area (Å²) in [5.74, 6) is -1.44. The van der Waals surface area contributed by atoms with Crippen LogP contribution in [0, 0.1) is 17.6 Å². The summed E-state index contributed by atoms with van der Waals surface area (Å²) in [5.41, 5.74) is 5.80. The van der Waals surface area contributed by atoms with Gasteiger partial charge in [-0.25, -0.2) is 17.2 Å². The minimum atomic E-state index is -3.99. The van der Waals surface area contributed by atoms with Crippen molar-refractivity contribution >= 4 is 10.0 Å². The van der Waals surface area contributed by atoms with E-state index >= 15 is 0 Å². The molecule has 7 heteroatoms. The maximum atomic E-state index is 13.6. The molecule has 1 aliphatic heterocycles. The van der Waals surface area contributed by atoms with Crippen molar-refractivity contribution in [1.29, 1.82) is 0 Å². The lowest BCUT2D eigenvalue weighted by Crippen LogP contribution is -2.42. The van der Waals surface area contributed by atoms with Gasteiger partial charge in [-0.1, -0.05) is 0 Å². The Morgan fingerprint density at radius 3 is 2.45 bits per heavy atom. The fourth-order valence-corrected chi connectivity index (χ4v) is 4.00. The van der Waals surface area contributed by atoms with Gasteiger partial charge in [-0.15, -0.1) is 0 Å². The van der Waals surface area contributed by atoms with E-state index in [1.807, 2.05) is 6.92 Å². The van der Waals surface area contributed by atoms with Crippen molar-refractivity contribution in [3.63, 3.8) is 0 Å². The molecule has 1 saturated heterocycles. The van der Waals surface area contributed by atoms with Crippen molar-refractivity contribution in [2.75, 3.05) is 13.1 Å². The monoisotopic (exact) mass is 304 g/mol. The van der Waals surface area contributed by atoms with E-state index in [2.05, 4.69) is 0 Å². The van der Waals surface area contributed by atoms with Gasteiger partial charge in [-0.05, 0) is 43.9 Å². The standard InChI is InChI=1S/C13H18F2N2O2S/c1-9(16)10-4-6-17(7-5-10)20(18,19)13-8-11(14)2-3-12(13)15/h2-3,8-10H,4-7,16H2,1H3. The topological polar surface area (TPSA) is 63.4 Å². The van der Waals surface area contributed by atoms with Crippen LogP contribution in [0.15, 0.2) is 23.1 Å². The van der Waals surface area contributed by atoms with E-state index in [4.69, 9.17) is 5.73 Å². The Bertz CT molecular complexity index is 582. The van der Waals surface area contributed by atoms with Crippen LogP contribution in [0.5, 0.6) is 0 Å². The second-order valence-corrected chi connectivity index (χ2v) is 7.08. The Labute approximate surface area is 117 Å². The smallest absolute Gasteiger partial charge is 0.246 e. The summed E-state index contributed by atoms with van der Waals surface area (Å²) in [6, 6.07) is 2.46. The van der Waals surface area contributed by atoms with Crippen LogP contribution >= 0.6 is 0 Å². The van der Waals surface area contributed by atoms with Gasteiger partial charge >= 0.3 is 0 Å². The van der Waals surface area contributed by atoms with Crippen LogP contribution in [0.1, 0.15) is 19.8 Å². The van der Waals surface area contributed by atoms with Gasteiger partial charge in [-0.3, -0.25) is 0 Å². The van der Waals surface area contributed by atoms with Crippen LogP contribution in [-0.4, -0.2) is 31.9 Å². The molecule has 4 nitrogen and oxygen atoms in total. The Morgan fingerprint density at radius 2 is 1.90 bits per heavy atom. The molecule has 2 N–H and O–H groups in total. The van der Waals surface area contributed by atoms with Gasteiger partial charge in [0.15, 0.2) is 0 Å². The Morgan fingerprint density at radius 1 is 1.30 bits per heavy atom.